The zero-order valence-electron chi connectivity index (χ0n) is 13.1. The van der Waals surface area contributed by atoms with E-state index in [-0.39, 0.29) is 0 Å². The molecule has 0 radical (unpaired) electrons. The van der Waals surface area contributed by atoms with Crippen LogP contribution in [0.4, 0.5) is 0 Å². The number of ether oxygens (including phenoxy) is 3. The summed E-state index contributed by atoms with van der Waals surface area (Å²) in [5, 5.41) is 0.883. The largest absolute Gasteiger partial charge is 0.497 e. The van der Waals surface area contributed by atoms with Crippen molar-refractivity contribution in [3.63, 3.8) is 0 Å². The fourth-order valence-corrected chi connectivity index (χ4v) is 3.03. The summed E-state index contributed by atoms with van der Waals surface area (Å²) in [5.41, 5.74) is 2.44. The minimum absolute atomic E-state index is 0.369. The third kappa shape index (κ3) is 3.95. The number of alkyl halides is 1. The second-order valence-electron chi connectivity index (χ2n) is 5.01. The molecule has 0 N–H and O–H groups in total. The molecule has 0 aromatic heterocycles. The van der Waals surface area contributed by atoms with E-state index in [0.29, 0.717) is 5.92 Å². The summed E-state index contributed by atoms with van der Waals surface area (Å²) in [7, 11) is 5.03. The average Bonchev–Trinajstić information content (AvgIpc) is 2.59. The quantitative estimate of drug-likeness (QED) is 0.680. The van der Waals surface area contributed by atoms with Crippen LogP contribution < -0.4 is 14.2 Å². The first-order valence-corrected chi connectivity index (χ1v) is 8.24. The number of halogens is 1. The van der Waals surface area contributed by atoms with E-state index < -0.39 is 0 Å². The van der Waals surface area contributed by atoms with Gasteiger partial charge in [0.1, 0.15) is 17.2 Å². The normalized spacial score (nSPS) is 11.8. The molecule has 0 bridgehead atoms. The minimum atomic E-state index is 0.369. The average molecular weight is 365 g/mol. The lowest BCUT2D eigenvalue weighted by Gasteiger charge is -2.17. The van der Waals surface area contributed by atoms with E-state index in [4.69, 9.17) is 14.2 Å². The summed E-state index contributed by atoms with van der Waals surface area (Å²) < 4.78 is 16.0. The van der Waals surface area contributed by atoms with E-state index >= 15 is 0 Å². The zero-order valence-corrected chi connectivity index (χ0v) is 14.7. The fraction of sp³-hybridized carbons (Fsp3) is 0.333. The van der Waals surface area contributed by atoms with E-state index in [1.807, 2.05) is 24.3 Å². The van der Waals surface area contributed by atoms with Crippen LogP contribution in [0.1, 0.15) is 17.0 Å². The van der Waals surface area contributed by atoms with Gasteiger partial charge in [0, 0.05) is 11.4 Å². The predicted octanol–water partition coefficient (Wildman–Crippen LogP) is 4.43. The Bertz CT molecular complexity index is 596. The minimum Gasteiger partial charge on any atom is -0.497 e. The molecule has 0 aliphatic carbocycles. The van der Waals surface area contributed by atoms with Crippen LogP contribution in [0.15, 0.2) is 42.5 Å². The fourth-order valence-electron chi connectivity index (χ4n) is 2.42. The van der Waals surface area contributed by atoms with Crippen molar-refractivity contribution in [1.82, 2.24) is 0 Å². The van der Waals surface area contributed by atoms with Gasteiger partial charge in [-0.25, -0.2) is 0 Å². The van der Waals surface area contributed by atoms with Crippen molar-refractivity contribution in [3.8, 4) is 17.2 Å². The molecule has 3 nitrogen and oxygen atoms in total. The maximum absolute atomic E-state index is 5.49. The Labute approximate surface area is 140 Å². The van der Waals surface area contributed by atoms with Crippen LogP contribution in [-0.4, -0.2) is 26.7 Å². The Kier molecular flexibility index (Phi) is 6.13. The molecule has 0 saturated heterocycles. The van der Waals surface area contributed by atoms with Gasteiger partial charge < -0.3 is 14.2 Å². The molecule has 0 aliphatic rings. The van der Waals surface area contributed by atoms with Gasteiger partial charge in [-0.3, -0.25) is 0 Å². The Hall–Kier alpha value is -1.68. The lowest BCUT2D eigenvalue weighted by atomic mass is 9.93. The monoisotopic (exact) mass is 364 g/mol. The number of rotatable bonds is 7. The van der Waals surface area contributed by atoms with Crippen molar-refractivity contribution in [2.45, 2.75) is 12.3 Å². The van der Waals surface area contributed by atoms with E-state index in [2.05, 4.69) is 34.1 Å². The molecule has 0 spiro atoms. The van der Waals surface area contributed by atoms with Gasteiger partial charge in [0.25, 0.3) is 0 Å². The summed E-state index contributed by atoms with van der Waals surface area (Å²) in [4.78, 5) is 0. The molecular formula is C18H21BrO3. The van der Waals surface area contributed by atoms with Crippen molar-refractivity contribution in [3.05, 3.63) is 53.6 Å². The molecule has 0 unspecified atom stereocenters. The molecule has 2 aromatic rings. The van der Waals surface area contributed by atoms with Gasteiger partial charge in [-0.1, -0.05) is 34.1 Å². The molecule has 0 aliphatic heterocycles. The summed E-state index contributed by atoms with van der Waals surface area (Å²) in [5.74, 6) is 2.91. The van der Waals surface area contributed by atoms with Crippen LogP contribution in [0.25, 0.3) is 0 Å². The molecule has 0 fully saturated rings. The third-order valence-electron chi connectivity index (χ3n) is 3.73. The first kappa shape index (κ1) is 16.7. The Morgan fingerprint density at radius 1 is 0.864 bits per heavy atom. The highest BCUT2D eigenvalue weighted by Crippen LogP contribution is 2.31. The van der Waals surface area contributed by atoms with Crippen molar-refractivity contribution in [1.29, 1.82) is 0 Å². The molecule has 0 amide bonds. The summed E-state index contributed by atoms with van der Waals surface area (Å²) in [6, 6.07) is 14.2. The Morgan fingerprint density at radius 2 is 1.50 bits per heavy atom. The summed E-state index contributed by atoms with van der Waals surface area (Å²) >= 11 is 3.62. The van der Waals surface area contributed by atoms with Crippen LogP contribution in [0, 0.1) is 0 Å². The highest BCUT2D eigenvalue weighted by Gasteiger charge is 2.15. The lowest BCUT2D eigenvalue weighted by Crippen LogP contribution is -2.06. The molecule has 2 rings (SSSR count). The highest BCUT2D eigenvalue weighted by atomic mass is 79.9. The van der Waals surface area contributed by atoms with Crippen LogP contribution in [0.5, 0.6) is 17.2 Å². The highest BCUT2D eigenvalue weighted by molar-refractivity contribution is 9.09. The van der Waals surface area contributed by atoms with Gasteiger partial charge in [-0.05, 0) is 41.7 Å². The van der Waals surface area contributed by atoms with Crippen LogP contribution in [0.2, 0.25) is 0 Å². The van der Waals surface area contributed by atoms with Crippen LogP contribution >= 0.6 is 15.9 Å². The van der Waals surface area contributed by atoms with Crippen LogP contribution in [-0.2, 0) is 6.42 Å². The number of methoxy groups -OCH3 is 3. The van der Waals surface area contributed by atoms with Gasteiger partial charge in [0.05, 0.1) is 21.3 Å². The van der Waals surface area contributed by atoms with E-state index in [1.54, 1.807) is 21.3 Å². The lowest BCUT2D eigenvalue weighted by molar-refractivity contribution is 0.390. The molecule has 0 saturated carbocycles. The smallest absolute Gasteiger partial charge is 0.125 e. The molecular weight excluding hydrogens is 344 g/mol. The Balaban J connectivity index is 2.22. The van der Waals surface area contributed by atoms with Crippen molar-refractivity contribution in [2.24, 2.45) is 0 Å². The standard InChI is InChI=1S/C18H21BrO3/c1-20-16-7-4-13(5-8-16)15(12-19)10-14-6-9-17(21-2)11-18(14)22-3/h4-9,11,15H,10,12H2,1-3H3/t15-/m0/s1. The first-order chi connectivity index (χ1) is 10.7. The molecule has 4 heteroatoms. The van der Waals surface area contributed by atoms with Crippen LogP contribution in [0.3, 0.4) is 0 Å². The number of hydrogen-bond donors (Lipinski definition) is 0. The second kappa shape index (κ2) is 8.08. The second-order valence-corrected chi connectivity index (χ2v) is 5.65. The number of benzene rings is 2. The molecule has 118 valence electrons. The number of hydrogen-bond acceptors (Lipinski definition) is 3. The van der Waals surface area contributed by atoms with Gasteiger partial charge in [-0.2, -0.15) is 0 Å². The summed E-state index contributed by atoms with van der Waals surface area (Å²) in [6.07, 6.45) is 0.894. The van der Waals surface area contributed by atoms with Gasteiger partial charge in [0.15, 0.2) is 0 Å². The molecule has 1 atom stereocenters. The SMILES string of the molecule is COc1ccc([C@H](CBr)Cc2ccc(OC)cc2OC)cc1. The topological polar surface area (TPSA) is 27.7 Å². The Morgan fingerprint density at radius 3 is 2.05 bits per heavy atom. The van der Waals surface area contributed by atoms with Gasteiger partial charge in [0.2, 0.25) is 0 Å². The van der Waals surface area contributed by atoms with Gasteiger partial charge in [-0.15, -0.1) is 0 Å². The maximum atomic E-state index is 5.49. The molecule has 22 heavy (non-hydrogen) atoms. The molecule has 0 heterocycles. The van der Waals surface area contributed by atoms with Crippen molar-refractivity contribution >= 4 is 15.9 Å². The predicted molar refractivity (Wildman–Crippen MR) is 92.8 cm³/mol. The summed E-state index contributed by atoms with van der Waals surface area (Å²) in [6.45, 7) is 0. The maximum Gasteiger partial charge on any atom is 0.125 e. The van der Waals surface area contributed by atoms with E-state index in [1.165, 1.54) is 11.1 Å². The molecule has 2 aromatic carbocycles. The van der Waals surface area contributed by atoms with Crippen molar-refractivity contribution in [2.75, 3.05) is 26.7 Å². The zero-order chi connectivity index (χ0) is 15.9. The van der Waals surface area contributed by atoms with E-state index in [9.17, 15) is 0 Å². The first-order valence-electron chi connectivity index (χ1n) is 7.12. The van der Waals surface area contributed by atoms with Gasteiger partial charge >= 0.3 is 0 Å². The van der Waals surface area contributed by atoms with Crippen molar-refractivity contribution < 1.29 is 14.2 Å². The third-order valence-corrected chi connectivity index (χ3v) is 4.52. The van der Waals surface area contributed by atoms with E-state index in [0.717, 1.165) is 29.0 Å².